The molecule has 6 nitrogen and oxygen atoms in total. The zero-order valence-electron chi connectivity index (χ0n) is 16.4. The van der Waals surface area contributed by atoms with Crippen molar-refractivity contribution < 1.29 is 14.3 Å². The minimum Gasteiger partial charge on any atom is -0.497 e. The second kappa shape index (κ2) is 9.22. The van der Waals surface area contributed by atoms with Crippen LogP contribution in [0.2, 0.25) is 0 Å². The molecule has 1 atom stereocenters. The maximum atomic E-state index is 12.9. The van der Waals surface area contributed by atoms with Crippen molar-refractivity contribution in [3.63, 3.8) is 0 Å². The molecule has 2 fully saturated rings. The van der Waals surface area contributed by atoms with Crippen LogP contribution in [0.3, 0.4) is 0 Å². The fourth-order valence-electron chi connectivity index (χ4n) is 4.16. The van der Waals surface area contributed by atoms with Crippen molar-refractivity contribution >= 4 is 11.8 Å². The summed E-state index contributed by atoms with van der Waals surface area (Å²) in [6.45, 7) is 2.00. The van der Waals surface area contributed by atoms with Gasteiger partial charge >= 0.3 is 0 Å². The van der Waals surface area contributed by atoms with Gasteiger partial charge in [0, 0.05) is 32.7 Å². The first kappa shape index (κ1) is 19.7. The molecule has 0 unspecified atom stereocenters. The van der Waals surface area contributed by atoms with Gasteiger partial charge in [0.05, 0.1) is 19.6 Å². The predicted molar refractivity (Wildman–Crippen MR) is 104 cm³/mol. The van der Waals surface area contributed by atoms with Gasteiger partial charge in [-0.3, -0.25) is 14.5 Å². The monoisotopic (exact) mass is 373 g/mol. The van der Waals surface area contributed by atoms with Gasteiger partial charge in [0.1, 0.15) is 5.75 Å². The highest BCUT2D eigenvalue weighted by molar-refractivity contribution is 5.88. The van der Waals surface area contributed by atoms with E-state index in [4.69, 9.17) is 4.74 Å². The molecule has 0 aromatic heterocycles. The summed E-state index contributed by atoms with van der Waals surface area (Å²) in [5.41, 5.74) is 1.09. The van der Waals surface area contributed by atoms with Gasteiger partial charge in [-0.1, -0.05) is 31.4 Å². The number of rotatable bonds is 6. The predicted octanol–water partition coefficient (Wildman–Crippen LogP) is 2.18. The van der Waals surface area contributed by atoms with E-state index in [9.17, 15) is 9.59 Å². The average molecular weight is 373 g/mol. The molecule has 2 aliphatic rings. The van der Waals surface area contributed by atoms with Gasteiger partial charge in [0.25, 0.3) is 0 Å². The second-order valence-electron chi connectivity index (χ2n) is 7.63. The van der Waals surface area contributed by atoms with Crippen LogP contribution in [0.4, 0.5) is 0 Å². The number of hydrogen-bond acceptors (Lipinski definition) is 4. The highest BCUT2D eigenvalue weighted by Crippen LogP contribution is 2.23. The molecule has 27 heavy (non-hydrogen) atoms. The molecule has 1 aliphatic carbocycles. The zero-order valence-corrected chi connectivity index (χ0v) is 16.4. The Balaban J connectivity index is 1.66. The molecular formula is C21H31N3O3. The number of carbonyl (C=O) groups excluding carboxylic acids is 2. The molecule has 1 saturated carbocycles. The van der Waals surface area contributed by atoms with Gasteiger partial charge < -0.3 is 15.0 Å². The largest absolute Gasteiger partial charge is 0.497 e. The number of piperazine rings is 1. The maximum absolute atomic E-state index is 12.9. The molecule has 0 spiro atoms. The fourth-order valence-corrected chi connectivity index (χ4v) is 4.16. The Hall–Kier alpha value is -2.08. The van der Waals surface area contributed by atoms with E-state index >= 15 is 0 Å². The maximum Gasteiger partial charge on any atom is 0.237 e. The van der Waals surface area contributed by atoms with E-state index in [-0.39, 0.29) is 18.2 Å². The molecule has 3 rings (SSSR count). The lowest BCUT2D eigenvalue weighted by Crippen LogP contribution is -2.56. The van der Waals surface area contributed by atoms with Crippen LogP contribution in [0, 0.1) is 0 Å². The number of ether oxygens (including phenoxy) is 1. The molecule has 148 valence electrons. The summed E-state index contributed by atoms with van der Waals surface area (Å²) < 4.78 is 5.30. The van der Waals surface area contributed by atoms with Crippen LogP contribution in [0.15, 0.2) is 24.3 Å². The van der Waals surface area contributed by atoms with Crippen molar-refractivity contribution in [1.29, 1.82) is 0 Å². The minimum atomic E-state index is -0.413. The summed E-state index contributed by atoms with van der Waals surface area (Å²) in [6.07, 6.45) is 6.03. The lowest BCUT2D eigenvalue weighted by Gasteiger charge is -2.37. The van der Waals surface area contributed by atoms with Gasteiger partial charge in [-0.25, -0.2) is 0 Å². The van der Waals surface area contributed by atoms with Crippen molar-refractivity contribution in [2.75, 3.05) is 27.2 Å². The Bertz CT molecular complexity index is 658. The smallest absolute Gasteiger partial charge is 0.237 e. The summed E-state index contributed by atoms with van der Waals surface area (Å²) in [5.74, 6) is 0.827. The van der Waals surface area contributed by atoms with Crippen LogP contribution in [0.25, 0.3) is 0 Å². The fraction of sp³-hybridized carbons (Fsp3) is 0.619. The standard InChI is InChI=1S/C21H31N3O3/c1-23(17-8-4-3-5-9-17)20(25)14-19-21(26)22-11-12-24(19)15-16-7-6-10-18(13-16)27-2/h6-7,10,13,17,19H,3-5,8-9,11-12,14-15H2,1-2H3,(H,22,26)/t19-/m1/s1. The first-order chi connectivity index (χ1) is 13.1. The molecule has 1 aromatic rings. The number of nitrogens with zero attached hydrogens (tertiary/aromatic N) is 2. The zero-order chi connectivity index (χ0) is 19.2. The normalized spacial score (nSPS) is 21.6. The quantitative estimate of drug-likeness (QED) is 0.830. The molecule has 1 N–H and O–H groups in total. The lowest BCUT2D eigenvalue weighted by molar-refractivity contribution is -0.140. The topological polar surface area (TPSA) is 61.9 Å². The molecule has 1 saturated heterocycles. The SMILES string of the molecule is COc1cccc(CN2CCNC(=O)[C@H]2CC(=O)N(C)C2CCCCC2)c1. The van der Waals surface area contributed by atoms with Crippen LogP contribution >= 0.6 is 0 Å². The molecule has 0 radical (unpaired) electrons. The molecular weight excluding hydrogens is 342 g/mol. The third-order valence-electron chi connectivity index (χ3n) is 5.85. The van der Waals surface area contributed by atoms with Crippen molar-refractivity contribution in [2.45, 2.75) is 57.2 Å². The minimum absolute atomic E-state index is 0.0467. The summed E-state index contributed by atoms with van der Waals surface area (Å²) in [7, 11) is 3.54. The number of hydrogen-bond donors (Lipinski definition) is 1. The molecule has 1 aliphatic heterocycles. The van der Waals surface area contributed by atoms with E-state index in [0.717, 1.165) is 30.7 Å². The molecule has 2 amide bonds. The number of nitrogens with one attached hydrogen (secondary N) is 1. The van der Waals surface area contributed by atoms with Gasteiger partial charge in [0.15, 0.2) is 0 Å². The highest BCUT2D eigenvalue weighted by Gasteiger charge is 2.33. The third-order valence-corrected chi connectivity index (χ3v) is 5.85. The van der Waals surface area contributed by atoms with Crippen molar-refractivity contribution in [3.8, 4) is 5.75 Å². The van der Waals surface area contributed by atoms with E-state index in [2.05, 4.69) is 10.2 Å². The first-order valence-electron chi connectivity index (χ1n) is 9.99. The van der Waals surface area contributed by atoms with Crippen molar-refractivity contribution in [2.24, 2.45) is 0 Å². The van der Waals surface area contributed by atoms with E-state index in [1.54, 1.807) is 7.11 Å². The van der Waals surface area contributed by atoms with Crippen LogP contribution in [-0.2, 0) is 16.1 Å². The average Bonchev–Trinajstić information content (AvgIpc) is 2.70. The van der Waals surface area contributed by atoms with Gasteiger partial charge in [-0.15, -0.1) is 0 Å². The van der Waals surface area contributed by atoms with Gasteiger partial charge in [-0.05, 0) is 30.5 Å². The molecule has 1 aromatic carbocycles. The third kappa shape index (κ3) is 5.01. The van der Waals surface area contributed by atoms with Crippen LogP contribution in [0.5, 0.6) is 5.75 Å². The lowest BCUT2D eigenvalue weighted by atomic mass is 9.94. The summed E-state index contributed by atoms with van der Waals surface area (Å²) >= 11 is 0. The van der Waals surface area contributed by atoms with E-state index in [0.29, 0.717) is 19.1 Å². The van der Waals surface area contributed by atoms with E-state index in [1.807, 2.05) is 36.2 Å². The Morgan fingerprint density at radius 1 is 1.30 bits per heavy atom. The van der Waals surface area contributed by atoms with Crippen LogP contribution < -0.4 is 10.1 Å². The van der Waals surface area contributed by atoms with Crippen LogP contribution in [-0.4, -0.2) is 60.9 Å². The number of carbonyl (C=O) groups is 2. The molecule has 6 heteroatoms. The number of benzene rings is 1. The Kier molecular flexibility index (Phi) is 6.72. The molecule has 0 bridgehead atoms. The van der Waals surface area contributed by atoms with Crippen molar-refractivity contribution in [3.05, 3.63) is 29.8 Å². The van der Waals surface area contributed by atoms with E-state index in [1.165, 1.54) is 19.3 Å². The number of methoxy groups -OCH3 is 1. The first-order valence-corrected chi connectivity index (χ1v) is 9.99. The summed E-state index contributed by atoms with van der Waals surface area (Å²) in [4.78, 5) is 29.3. The summed E-state index contributed by atoms with van der Waals surface area (Å²) in [6, 6.07) is 7.79. The Morgan fingerprint density at radius 3 is 2.81 bits per heavy atom. The highest BCUT2D eigenvalue weighted by atomic mass is 16.5. The van der Waals surface area contributed by atoms with Crippen molar-refractivity contribution in [1.82, 2.24) is 15.1 Å². The van der Waals surface area contributed by atoms with Gasteiger partial charge in [0.2, 0.25) is 11.8 Å². The number of amides is 2. The van der Waals surface area contributed by atoms with Crippen LogP contribution in [0.1, 0.15) is 44.1 Å². The van der Waals surface area contributed by atoms with Gasteiger partial charge in [-0.2, -0.15) is 0 Å². The van der Waals surface area contributed by atoms with E-state index < -0.39 is 6.04 Å². The summed E-state index contributed by atoms with van der Waals surface area (Å²) in [5, 5.41) is 2.92. The Morgan fingerprint density at radius 2 is 2.07 bits per heavy atom. The molecule has 1 heterocycles. The Labute approximate surface area is 161 Å². The second-order valence-corrected chi connectivity index (χ2v) is 7.63.